The summed E-state index contributed by atoms with van der Waals surface area (Å²) < 4.78 is 25.5. The average Bonchev–Trinajstić information content (AvgIpc) is 1.98. The Kier molecular flexibility index (Phi) is 4.88. The van der Waals surface area contributed by atoms with E-state index in [0.717, 1.165) is 6.07 Å². The topological polar surface area (TPSA) is 26.0 Å². The van der Waals surface area contributed by atoms with Crippen LogP contribution in [0.2, 0.25) is 0 Å². The van der Waals surface area contributed by atoms with Gasteiger partial charge in [0.1, 0.15) is 0 Å². The average molecular weight is 208 g/mol. The maximum atomic E-state index is 12.9. The highest BCUT2D eigenvalue weighted by atomic mass is 35.5. The monoisotopic (exact) mass is 207 g/mol. The van der Waals surface area contributed by atoms with Gasteiger partial charge in [-0.15, -0.1) is 12.4 Å². The van der Waals surface area contributed by atoms with Crippen molar-refractivity contribution in [3.8, 4) is 0 Å². The molecule has 0 aliphatic rings. The Morgan fingerprint density at radius 1 is 1.38 bits per heavy atom. The summed E-state index contributed by atoms with van der Waals surface area (Å²) in [7, 11) is 0. The molecule has 0 spiro atoms. The van der Waals surface area contributed by atoms with E-state index in [1.54, 1.807) is 13.0 Å². The van der Waals surface area contributed by atoms with Crippen LogP contribution in [0.5, 0.6) is 0 Å². The minimum Gasteiger partial charge on any atom is -0.328 e. The fraction of sp³-hybridized carbons (Fsp3) is 0.333. The molecule has 0 aliphatic carbocycles. The van der Waals surface area contributed by atoms with Crippen molar-refractivity contribution in [1.29, 1.82) is 0 Å². The van der Waals surface area contributed by atoms with Gasteiger partial charge in [0.25, 0.3) is 0 Å². The Morgan fingerprint density at radius 3 is 2.54 bits per heavy atom. The smallest absolute Gasteiger partial charge is 0.162 e. The first-order valence-corrected chi connectivity index (χ1v) is 3.79. The van der Waals surface area contributed by atoms with E-state index in [0.29, 0.717) is 12.0 Å². The summed E-state index contributed by atoms with van der Waals surface area (Å²) in [5.74, 6) is -1.59. The second-order valence-electron chi connectivity index (χ2n) is 2.89. The molecule has 0 saturated heterocycles. The summed E-state index contributed by atoms with van der Waals surface area (Å²) >= 11 is 0. The third-order valence-electron chi connectivity index (χ3n) is 1.57. The lowest BCUT2D eigenvalue weighted by atomic mass is 10.1. The zero-order valence-corrected chi connectivity index (χ0v) is 8.07. The van der Waals surface area contributed by atoms with Crippen LogP contribution in [0.3, 0.4) is 0 Å². The van der Waals surface area contributed by atoms with Gasteiger partial charge in [-0.2, -0.15) is 0 Å². The molecule has 4 heteroatoms. The van der Waals surface area contributed by atoms with Gasteiger partial charge in [-0.25, -0.2) is 8.78 Å². The molecule has 0 bridgehead atoms. The molecule has 0 amide bonds. The van der Waals surface area contributed by atoms with Crippen LogP contribution in [0.15, 0.2) is 18.2 Å². The normalized spacial score (nSPS) is 12.0. The maximum absolute atomic E-state index is 12.9. The summed E-state index contributed by atoms with van der Waals surface area (Å²) in [6.07, 6.45) is 0.365. The Labute approximate surface area is 82.4 Å². The van der Waals surface area contributed by atoms with Crippen molar-refractivity contribution >= 4 is 12.4 Å². The van der Waals surface area contributed by atoms with E-state index in [1.807, 2.05) is 0 Å². The Hall–Kier alpha value is -0.670. The van der Waals surface area contributed by atoms with E-state index >= 15 is 0 Å². The number of benzene rings is 1. The minimum absolute atomic E-state index is 0. The van der Waals surface area contributed by atoms with Gasteiger partial charge in [-0.05, 0) is 25.0 Å². The van der Waals surface area contributed by atoms with Crippen molar-refractivity contribution in [2.75, 3.05) is 0 Å². The molecule has 0 radical (unpaired) electrons. The van der Waals surface area contributed by atoms with E-state index in [-0.39, 0.29) is 18.4 Å². The zero-order chi connectivity index (χ0) is 9.14. The van der Waals surface area contributed by atoms with Crippen LogP contribution in [0.4, 0.5) is 8.78 Å². The Balaban J connectivity index is 0.00000144. The summed E-state index contributed by atoms with van der Waals surface area (Å²) in [4.78, 5) is 0. The molecular formula is C9H12ClF2N. The van der Waals surface area contributed by atoms with Crippen LogP contribution in [0, 0.1) is 11.6 Å². The van der Waals surface area contributed by atoms with Crippen molar-refractivity contribution < 1.29 is 8.78 Å². The Morgan fingerprint density at radius 2 is 2.00 bits per heavy atom. The lowest BCUT2D eigenvalue weighted by Crippen LogP contribution is -2.18. The van der Waals surface area contributed by atoms with E-state index < -0.39 is 11.6 Å². The lowest BCUT2D eigenvalue weighted by Gasteiger charge is -2.05. The fourth-order valence-electron chi connectivity index (χ4n) is 1.05. The van der Waals surface area contributed by atoms with E-state index in [2.05, 4.69) is 0 Å². The first-order chi connectivity index (χ1) is 5.61. The number of nitrogens with two attached hydrogens (primary N) is 1. The van der Waals surface area contributed by atoms with E-state index in [1.165, 1.54) is 6.07 Å². The minimum atomic E-state index is -0.812. The SMILES string of the molecule is CC(N)Cc1cccc(F)c1F.Cl. The molecule has 1 unspecified atom stereocenters. The predicted molar refractivity (Wildman–Crippen MR) is 51.0 cm³/mol. The van der Waals surface area contributed by atoms with Crippen LogP contribution in [-0.2, 0) is 6.42 Å². The van der Waals surface area contributed by atoms with E-state index in [4.69, 9.17) is 5.73 Å². The van der Waals surface area contributed by atoms with Gasteiger partial charge >= 0.3 is 0 Å². The fourth-order valence-corrected chi connectivity index (χ4v) is 1.05. The van der Waals surface area contributed by atoms with Crippen LogP contribution in [0.25, 0.3) is 0 Å². The summed E-state index contributed by atoms with van der Waals surface area (Å²) in [5, 5.41) is 0. The van der Waals surface area contributed by atoms with Crippen molar-refractivity contribution in [1.82, 2.24) is 0 Å². The summed E-state index contributed by atoms with van der Waals surface area (Å²) in [6, 6.07) is 3.97. The van der Waals surface area contributed by atoms with Gasteiger partial charge in [0.05, 0.1) is 0 Å². The molecule has 1 rings (SSSR count). The largest absolute Gasteiger partial charge is 0.328 e. The molecule has 1 nitrogen and oxygen atoms in total. The summed E-state index contributed by atoms with van der Waals surface area (Å²) in [6.45, 7) is 1.75. The molecule has 1 atom stereocenters. The number of halogens is 3. The first kappa shape index (κ1) is 12.3. The standard InChI is InChI=1S/C9H11F2N.ClH/c1-6(12)5-7-3-2-4-8(10)9(7)11;/h2-4,6H,5,12H2,1H3;1H. The predicted octanol–water partition coefficient (Wildman–Crippen LogP) is 2.28. The molecule has 0 heterocycles. The third kappa shape index (κ3) is 3.28. The highest BCUT2D eigenvalue weighted by Gasteiger charge is 2.08. The van der Waals surface area contributed by atoms with Gasteiger partial charge in [-0.3, -0.25) is 0 Å². The number of hydrogen-bond acceptors (Lipinski definition) is 1. The van der Waals surface area contributed by atoms with Gasteiger partial charge in [0.15, 0.2) is 11.6 Å². The zero-order valence-electron chi connectivity index (χ0n) is 7.26. The molecule has 74 valence electrons. The molecule has 1 aromatic rings. The number of rotatable bonds is 2. The second-order valence-corrected chi connectivity index (χ2v) is 2.89. The molecule has 1 aromatic carbocycles. The van der Waals surface area contributed by atoms with Crippen molar-refractivity contribution in [2.45, 2.75) is 19.4 Å². The van der Waals surface area contributed by atoms with E-state index in [9.17, 15) is 8.78 Å². The quantitative estimate of drug-likeness (QED) is 0.791. The molecule has 13 heavy (non-hydrogen) atoms. The van der Waals surface area contributed by atoms with Gasteiger partial charge in [0, 0.05) is 6.04 Å². The molecule has 0 aliphatic heterocycles. The van der Waals surface area contributed by atoms with Crippen molar-refractivity contribution in [2.24, 2.45) is 5.73 Å². The van der Waals surface area contributed by atoms with Gasteiger partial charge in [0.2, 0.25) is 0 Å². The van der Waals surface area contributed by atoms with Crippen LogP contribution >= 0.6 is 12.4 Å². The van der Waals surface area contributed by atoms with Crippen molar-refractivity contribution in [3.05, 3.63) is 35.4 Å². The molecule has 0 saturated carbocycles. The number of hydrogen-bond donors (Lipinski definition) is 1. The van der Waals surface area contributed by atoms with Crippen molar-refractivity contribution in [3.63, 3.8) is 0 Å². The molecule has 0 fully saturated rings. The lowest BCUT2D eigenvalue weighted by molar-refractivity contribution is 0.495. The Bertz CT molecular complexity index is 276. The van der Waals surface area contributed by atoms with Crippen LogP contribution in [0.1, 0.15) is 12.5 Å². The van der Waals surface area contributed by atoms with Gasteiger partial charge < -0.3 is 5.73 Å². The maximum Gasteiger partial charge on any atom is 0.162 e. The van der Waals surface area contributed by atoms with Crippen LogP contribution < -0.4 is 5.73 Å². The first-order valence-electron chi connectivity index (χ1n) is 3.79. The highest BCUT2D eigenvalue weighted by molar-refractivity contribution is 5.85. The molecule has 0 aromatic heterocycles. The van der Waals surface area contributed by atoms with Crippen LogP contribution in [-0.4, -0.2) is 6.04 Å². The van der Waals surface area contributed by atoms with Gasteiger partial charge in [-0.1, -0.05) is 12.1 Å². The molecule has 2 N–H and O–H groups in total. The highest BCUT2D eigenvalue weighted by Crippen LogP contribution is 2.12. The molecular weight excluding hydrogens is 196 g/mol. The third-order valence-corrected chi connectivity index (χ3v) is 1.57. The summed E-state index contributed by atoms with van der Waals surface area (Å²) in [5.41, 5.74) is 5.79. The second kappa shape index (κ2) is 5.14.